The number of nitrogens with zero attached hydrogens (tertiary/aromatic N) is 1. The highest BCUT2D eigenvalue weighted by molar-refractivity contribution is 5.85. The van der Waals surface area contributed by atoms with Crippen molar-refractivity contribution < 1.29 is 14.3 Å². The van der Waals surface area contributed by atoms with Crippen molar-refractivity contribution in [3.63, 3.8) is 0 Å². The second kappa shape index (κ2) is 7.04. The number of carbonyl (C=O) groups excluding carboxylic acids is 1. The third-order valence-electron chi connectivity index (χ3n) is 5.59. The molecule has 2 aliphatic rings. The van der Waals surface area contributed by atoms with Crippen molar-refractivity contribution >= 4 is 17.3 Å². The maximum absolute atomic E-state index is 11.7. The number of aryl methyl sites for hydroxylation is 1. The number of fused-ring (bicyclic) bond motifs is 1. The van der Waals surface area contributed by atoms with Gasteiger partial charge in [0.1, 0.15) is 11.4 Å². The summed E-state index contributed by atoms with van der Waals surface area (Å²) < 4.78 is 11.1. The highest BCUT2D eigenvalue weighted by Crippen LogP contribution is 2.42. The number of nitrogens with one attached hydrogen (secondary N) is 1. The van der Waals surface area contributed by atoms with Crippen LogP contribution >= 0.6 is 0 Å². The Bertz CT molecular complexity index is 901. The Balaban J connectivity index is 1.66. The lowest BCUT2D eigenvalue weighted by atomic mass is 9.95. The minimum Gasteiger partial charge on any atom is -0.484 e. The Kier molecular flexibility index (Phi) is 4.69. The van der Waals surface area contributed by atoms with Crippen LogP contribution in [0.3, 0.4) is 0 Å². The molecule has 1 N–H and O–H groups in total. The Morgan fingerprint density at radius 2 is 2.07 bits per heavy atom. The molecule has 0 radical (unpaired) electrons. The first-order valence-corrected chi connectivity index (χ1v) is 9.93. The van der Waals surface area contributed by atoms with Crippen molar-refractivity contribution in [3.8, 4) is 16.9 Å². The average molecular weight is 380 g/mol. The van der Waals surface area contributed by atoms with E-state index in [1.165, 1.54) is 12.7 Å². The lowest BCUT2D eigenvalue weighted by Crippen LogP contribution is -2.50. The lowest BCUT2D eigenvalue weighted by Gasteiger charge is -2.39. The number of anilines is 2. The van der Waals surface area contributed by atoms with Crippen molar-refractivity contribution in [2.45, 2.75) is 32.8 Å². The summed E-state index contributed by atoms with van der Waals surface area (Å²) in [6.07, 6.45) is 0.955. The van der Waals surface area contributed by atoms with Gasteiger partial charge in [-0.3, -0.25) is 4.79 Å². The Morgan fingerprint density at radius 3 is 2.79 bits per heavy atom. The molecule has 2 heterocycles. The largest absolute Gasteiger partial charge is 0.484 e. The first-order chi connectivity index (χ1) is 13.4. The Labute approximate surface area is 166 Å². The molecule has 4 rings (SSSR count). The fourth-order valence-corrected chi connectivity index (χ4v) is 3.88. The number of hydrogen-bond acceptors (Lipinski definition) is 5. The van der Waals surface area contributed by atoms with Gasteiger partial charge in [0.2, 0.25) is 0 Å². The van der Waals surface area contributed by atoms with Gasteiger partial charge in [-0.05, 0) is 55.7 Å². The normalized spacial score (nSPS) is 17.8. The number of benzene rings is 2. The number of esters is 1. The van der Waals surface area contributed by atoms with E-state index in [1.54, 1.807) is 0 Å². The fourth-order valence-electron chi connectivity index (χ4n) is 3.88. The summed E-state index contributed by atoms with van der Waals surface area (Å²) >= 11 is 0. The van der Waals surface area contributed by atoms with E-state index in [4.69, 9.17) is 9.47 Å². The van der Waals surface area contributed by atoms with Crippen LogP contribution in [0.4, 0.5) is 11.4 Å². The van der Waals surface area contributed by atoms with Crippen LogP contribution in [0.2, 0.25) is 0 Å². The zero-order valence-corrected chi connectivity index (χ0v) is 17.0. The number of carbonyl (C=O) groups is 1. The number of ether oxygens (including phenoxy) is 2. The van der Waals surface area contributed by atoms with E-state index in [0.717, 1.165) is 41.2 Å². The maximum atomic E-state index is 11.7. The monoisotopic (exact) mass is 380 g/mol. The summed E-state index contributed by atoms with van der Waals surface area (Å²) in [5.74, 6) is 0.772. The van der Waals surface area contributed by atoms with E-state index < -0.39 is 0 Å². The van der Waals surface area contributed by atoms with E-state index in [0.29, 0.717) is 13.1 Å². The van der Waals surface area contributed by atoms with Crippen LogP contribution in [0.5, 0.6) is 5.75 Å². The molecule has 28 heavy (non-hydrogen) atoms. The molecule has 2 aliphatic heterocycles. The van der Waals surface area contributed by atoms with E-state index >= 15 is 0 Å². The molecule has 0 bridgehead atoms. The molecular weight excluding hydrogens is 352 g/mol. The molecule has 1 fully saturated rings. The van der Waals surface area contributed by atoms with Gasteiger partial charge in [0.05, 0.1) is 25.3 Å². The molecular formula is C23H28N2O3. The number of rotatable bonds is 4. The molecule has 1 saturated heterocycles. The molecule has 0 spiro atoms. The van der Waals surface area contributed by atoms with Crippen LogP contribution in [-0.4, -0.2) is 38.3 Å². The van der Waals surface area contributed by atoms with Crippen LogP contribution in [0, 0.1) is 5.92 Å². The summed E-state index contributed by atoms with van der Waals surface area (Å²) in [5, 5.41) is 3.58. The molecule has 2 aromatic rings. The fraction of sp³-hybridized carbons (Fsp3) is 0.435. The van der Waals surface area contributed by atoms with Gasteiger partial charge in [0.25, 0.3) is 0 Å². The summed E-state index contributed by atoms with van der Waals surface area (Å²) in [6, 6.07) is 12.9. The van der Waals surface area contributed by atoms with Crippen molar-refractivity contribution in [2.24, 2.45) is 5.92 Å². The predicted molar refractivity (Wildman–Crippen MR) is 112 cm³/mol. The minimum absolute atomic E-state index is 0.0258. The maximum Gasteiger partial charge on any atom is 0.312 e. The van der Waals surface area contributed by atoms with Gasteiger partial charge in [0, 0.05) is 24.3 Å². The zero-order chi connectivity index (χ0) is 19.9. The van der Waals surface area contributed by atoms with Crippen molar-refractivity contribution in [1.29, 1.82) is 0 Å². The summed E-state index contributed by atoms with van der Waals surface area (Å²) in [5.41, 5.74) is 5.54. The van der Waals surface area contributed by atoms with E-state index in [9.17, 15) is 4.79 Å². The van der Waals surface area contributed by atoms with Crippen LogP contribution in [0.25, 0.3) is 11.1 Å². The van der Waals surface area contributed by atoms with Crippen LogP contribution < -0.4 is 15.0 Å². The number of methoxy groups -OCH3 is 1. The standard InChI is InChI=1S/C23H28N2O3/c1-5-15-9-19(21-20(10-15)28-23(2,3)14-24-21)16-7-6-8-18(11-16)25-12-17(13-25)22(26)27-4/h6-11,17,24H,5,12-14H2,1-4H3. The molecule has 0 amide bonds. The van der Waals surface area contributed by atoms with Crippen LogP contribution in [-0.2, 0) is 16.0 Å². The summed E-state index contributed by atoms with van der Waals surface area (Å²) in [6.45, 7) is 8.55. The van der Waals surface area contributed by atoms with Gasteiger partial charge in [0.15, 0.2) is 0 Å². The van der Waals surface area contributed by atoms with Gasteiger partial charge in [-0.2, -0.15) is 0 Å². The smallest absolute Gasteiger partial charge is 0.312 e. The van der Waals surface area contributed by atoms with Crippen molar-refractivity contribution in [3.05, 3.63) is 42.0 Å². The molecule has 0 saturated carbocycles. The number of hydrogen-bond donors (Lipinski definition) is 1. The Hall–Kier alpha value is -2.69. The topological polar surface area (TPSA) is 50.8 Å². The van der Waals surface area contributed by atoms with Gasteiger partial charge in [-0.25, -0.2) is 0 Å². The first kappa shape index (κ1) is 18.7. The van der Waals surface area contributed by atoms with E-state index in [1.807, 2.05) is 0 Å². The second-order valence-electron chi connectivity index (χ2n) is 8.26. The molecule has 0 atom stereocenters. The average Bonchev–Trinajstić information content (AvgIpc) is 2.65. The van der Waals surface area contributed by atoms with Gasteiger partial charge < -0.3 is 19.7 Å². The molecule has 5 nitrogen and oxygen atoms in total. The van der Waals surface area contributed by atoms with E-state index in [2.05, 4.69) is 67.4 Å². The summed E-state index contributed by atoms with van der Waals surface area (Å²) in [4.78, 5) is 13.9. The molecule has 2 aromatic carbocycles. The molecule has 5 heteroatoms. The van der Waals surface area contributed by atoms with Gasteiger partial charge in [-0.15, -0.1) is 0 Å². The highest BCUT2D eigenvalue weighted by atomic mass is 16.5. The van der Waals surface area contributed by atoms with Crippen molar-refractivity contribution in [1.82, 2.24) is 0 Å². The van der Waals surface area contributed by atoms with Gasteiger partial charge >= 0.3 is 5.97 Å². The van der Waals surface area contributed by atoms with Gasteiger partial charge in [-0.1, -0.05) is 19.1 Å². The third kappa shape index (κ3) is 3.41. The Morgan fingerprint density at radius 1 is 1.29 bits per heavy atom. The molecule has 0 unspecified atom stereocenters. The quantitative estimate of drug-likeness (QED) is 0.809. The van der Waals surface area contributed by atoms with Crippen molar-refractivity contribution in [2.75, 3.05) is 37.0 Å². The van der Waals surface area contributed by atoms with Crippen LogP contribution in [0.1, 0.15) is 26.3 Å². The minimum atomic E-state index is -0.223. The predicted octanol–water partition coefficient (Wildman–Crippen LogP) is 4.11. The second-order valence-corrected chi connectivity index (χ2v) is 8.26. The SMILES string of the molecule is CCc1cc2c(c(-c3cccc(N4CC(C(=O)OC)C4)c3)c1)NCC(C)(C)O2. The summed E-state index contributed by atoms with van der Waals surface area (Å²) in [7, 11) is 1.45. The van der Waals surface area contributed by atoms with Crippen LogP contribution in [0.15, 0.2) is 36.4 Å². The lowest BCUT2D eigenvalue weighted by molar-refractivity contribution is -0.146. The van der Waals surface area contributed by atoms with E-state index in [-0.39, 0.29) is 17.5 Å². The first-order valence-electron chi connectivity index (χ1n) is 9.93. The molecule has 0 aromatic heterocycles. The zero-order valence-electron chi connectivity index (χ0n) is 17.0. The molecule has 148 valence electrons. The highest BCUT2D eigenvalue weighted by Gasteiger charge is 2.34. The molecule has 0 aliphatic carbocycles. The third-order valence-corrected chi connectivity index (χ3v) is 5.59.